The zero-order valence-electron chi connectivity index (χ0n) is 17.2. The zero-order chi connectivity index (χ0) is 20.9. The van der Waals surface area contributed by atoms with Gasteiger partial charge in [0.1, 0.15) is 0 Å². The molecule has 0 spiro atoms. The summed E-state index contributed by atoms with van der Waals surface area (Å²) in [5.41, 5.74) is 3.60. The number of halogens is 1. The molecule has 2 aromatic carbocycles. The van der Waals surface area contributed by atoms with Crippen LogP contribution in [0.4, 0.5) is 0 Å². The van der Waals surface area contributed by atoms with Crippen LogP contribution in [0.3, 0.4) is 0 Å². The standard InChI is InChI=1S/C24H27ClN4O/c1-18-23(15-27-29(18)22-11-5-10-21(25)13-22)24(30)26-14-20-9-6-12-28(17-20)16-19-7-3-2-4-8-19/h2-5,7-8,10-11,13,15,20H,6,9,12,14,16-17H2,1H3,(H,26,30). The van der Waals surface area contributed by atoms with E-state index in [-0.39, 0.29) is 5.91 Å². The van der Waals surface area contributed by atoms with Gasteiger partial charge in [0.2, 0.25) is 0 Å². The number of hydrogen-bond acceptors (Lipinski definition) is 3. The van der Waals surface area contributed by atoms with E-state index in [1.807, 2.05) is 31.2 Å². The first-order valence-electron chi connectivity index (χ1n) is 10.4. The van der Waals surface area contributed by atoms with Gasteiger partial charge in [-0.05, 0) is 56.0 Å². The van der Waals surface area contributed by atoms with Crippen molar-refractivity contribution in [1.82, 2.24) is 20.0 Å². The van der Waals surface area contributed by atoms with Gasteiger partial charge in [-0.15, -0.1) is 0 Å². The lowest BCUT2D eigenvalue weighted by atomic mass is 9.97. The number of piperidine rings is 1. The SMILES string of the molecule is Cc1c(C(=O)NCC2CCCN(Cc3ccccc3)C2)cnn1-c1cccc(Cl)c1. The molecule has 1 saturated heterocycles. The fraction of sp³-hybridized carbons (Fsp3) is 0.333. The highest BCUT2D eigenvalue weighted by atomic mass is 35.5. The Bertz CT molecular complexity index is 1000. The van der Waals surface area contributed by atoms with Crippen LogP contribution in [0.2, 0.25) is 5.02 Å². The molecule has 1 fully saturated rings. The summed E-state index contributed by atoms with van der Waals surface area (Å²) in [6, 6.07) is 18.0. The molecule has 30 heavy (non-hydrogen) atoms. The third-order valence-corrected chi connectivity index (χ3v) is 5.95. The van der Waals surface area contributed by atoms with Crippen molar-refractivity contribution < 1.29 is 4.79 Å². The third-order valence-electron chi connectivity index (χ3n) is 5.71. The van der Waals surface area contributed by atoms with Crippen molar-refractivity contribution in [2.45, 2.75) is 26.3 Å². The van der Waals surface area contributed by atoms with Gasteiger partial charge >= 0.3 is 0 Å². The zero-order valence-corrected chi connectivity index (χ0v) is 18.0. The molecule has 6 heteroatoms. The van der Waals surface area contributed by atoms with Crippen LogP contribution in [0.5, 0.6) is 0 Å². The highest BCUT2D eigenvalue weighted by Crippen LogP contribution is 2.20. The molecular weight excluding hydrogens is 396 g/mol. The van der Waals surface area contributed by atoms with Crippen LogP contribution in [-0.2, 0) is 6.54 Å². The van der Waals surface area contributed by atoms with Gasteiger partial charge in [-0.1, -0.05) is 48.0 Å². The van der Waals surface area contributed by atoms with E-state index in [0.29, 0.717) is 23.0 Å². The largest absolute Gasteiger partial charge is 0.352 e. The number of hydrogen-bond donors (Lipinski definition) is 1. The van der Waals surface area contributed by atoms with E-state index >= 15 is 0 Å². The summed E-state index contributed by atoms with van der Waals surface area (Å²) in [7, 11) is 0. The Morgan fingerprint density at radius 2 is 2.03 bits per heavy atom. The molecule has 3 aromatic rings. The molecule has 0 aliphatic carbocycles. The number of carbonyl (C=O) groups excluding carboxylic acids is 1. The van der Waals surface area contributed by atoms with Crippen molar-refractivity contribution in [2.24, 2.45) is 5.92 Å². The molecule has 2 heterocycles. The minimum Gasteiger partial charge on any atom is -0.352 e. The molecule has 0 saturated carbocycles. The second kappa shape index (κ2) is 9.45. The molecule has 156 valence electrons. The van der Waals surface area contributed by atoms with E-state index in [9.17, 15) is 4.79 Å². The minimum atomic E-state index is -0.0686. The summed E-state index contributed by atoms with van der Waals surface area (Å²) in [6.45, 7) is 5.69. The molecule has 0 bridgehead atoms. The lowest BCUT2D eigenvalue weighted by Crippen LogP contribution is -2.40. The van der Waals surface area contributed by atoms with Crippen LogP contribution in [0.1, 0.15) is 34.5 Å². The molecular formula is C24H27ClN4O. The molecule has 1 amide bonds. The van der Waals surface area contributed by atoms with E-state index in [0.717, 1.165) is 37.4 Å². The Morgan fingerprint density at radius 3 is 2.83 bits per heavy atom. The fourth-order valence-corrected chi connectivity index (χ4v) is 4.32. The van der Waals surface area contributed by atoms with Crippen molar-refractivity contribution >= 4 is 17.5 Å². The Balaban J connectivity index is 1.34. The van der Waals surface area contributed by atoms with Gasteiger partial charge < -0.3 is 5.32 Å². The van der Waals surface area contributed by atoms with Crippen molar-refractivity contribution in [3.05, 3.63) is 82.6 Å². The maximum absolute atomic E-state index is 12.8. The molecule has 1 aliphatic rings. The molecule has 1 aromatic heterocycles. The van der Waals surface area contributed by atoms with Crippen LogP contribution in [0.15, 0.2) is 60.8 Å². The monoisotopic (exact) mass is 422 g/mol. The Labute approximate surface area is 182 Å². The summed E-state index contributed by atoms with van der Waals surface area (Å²) in [5.74, 6) is 0.399. The Kier molecular flexibility index (Phi) is 6.50. The lowest BCUT2D eigenvalue weighted by Gasteiger charge is -2.32. The molecule has 5 nitrogen and oxygen atoms in total. The summed E-state index contributed by atoms with van der Waals surface area (Å²) in [6.07, 6.45) is 3.94. The molecule has 1 aliphatic heterocycles. The van der Waals surface area contributed by atoms with Gasteiger partial charge in [0.15, 0.2) is 0 Å². The van der Waals surface area contributed by atoms with Crippen LogP contribution >= 0.6 is 11.6 Å². The maximum Gasteiger partial charge on any atom is 0.254 e. The molecule has 1 unspecified atom stereocenters. The van der Waals surface area contributed by atoms with E-state index in [1.54, 1.807) is 10.9 Å². The van der Waals surface area contributed by atoms with E-state index < -0.39 is 0 Å². The van der Waals surface area contributed by atoms with Crippen molar-refractivity contribution in [1.29, 1.82) is 0 Å². The maximum atomic E-state index is 12.8. The molecule has 1 N–H and O–H groups in total. The van der Waals surface area contributed by atoms with E-state index in [1.165, 1.54) is 12.0 Å². The average molecular weight is 423 g/mol. The summed E-state index contributed by atoms with van der Waals surface area (Å²) in [4.78, 5) is 15.3. The van der Waals surface area contributed by atoms with Crippen LogP contribution in [0.25, 0.3) is 5.69 Å². The fourth-order valence-electron chi connectivity index (χ4n) is 4.14. The Hall–Kier alpha value is -2.63. The summed E-state index contributed by atoms with van der Waals surface area (Å²) < 4.78 is 1.75. The second-order valence-electron chi connectivity index (χ2n) is 7.97. The number of rotatable bonds is 6. The second-order valence-corrected chi connectivity index (χ2v) is 8.41. The number of nitrogens with zero attached hydrogens (tertiary/aromatic N) is 3. The van der Waals surface area contributed by atoms with Gasteiger partial charge in [0.05, 0.1) is 23.1 Å². The smallest absolute Gasteiger partial charge is 0.254 e. The number of nitrogens with one attached hydrogen (secondary N) is 1. The summed E-state index contributed by atoms with van der Waals surface area (Å²) in [5, 5.41) is 8.16. The highest BCUT2D eigenvalue weighted by Gasteiger charge is 2.22. The quantitative estimate of drug-likeness (QED) is 0.637. The normalized spacial score (nSPS) is 17.1. The van der Waals surface area contributed by atoms with Crippen LogP contribution < -0.4 is 5.32 Å². The van der Waals surface area contributed by atoms with Crippen LogP contribution in [0, 0.1) is 12.8 Å². The predicted octanol–water partition coefficient (Wildman–Crippen LogP) is 4.48. The van der Waals surface area contributed by atoms with Crippen molar-refractivity contribution in [3.63, 3.8) is 0 Å². The number of carbonyl (C=O) groups is 1. The first kappa shape index (κ1) is 20.6. The van der Waals surface area contributed by atoms with Crippen LogP contribution in [-0.4, -0.2) is 40.2 Å². The van der Waals surface area contributed by atoms with E-state index in [2.05, 4.69) is 45.6 Å². The summed E-state index contributed by atoms with van der Waals surface area (Å²) >= 11 is 6.09. The topological polar surface area (TPSA) is 50.2 Å². The van der Waals surface area contributed by atoms with Gasteiger partial charge in [-0.25, -0.2) is 4.68 Å². The molecule has 0 radical (unpaired) electrons. The van der Waals surface area contributed by atoms with E-state index in [4.69, 9.17) is 11.6 Å². The number of likely N-dealkylation sites (tertiary alicyclic amines) is 1. The molecule has 1 atom stereocenters. The third kappa shape index (κ3) is 4.91. The van der Waals surface area contributed by atoms with Gasteiger partial charge in [0.25, 0.3) is 5.91 Å². The van der Waals surface area contributed by atoms with Crippen molar-refractivity contribution in [3.8, 4) is 5.69 Å². The number of benzene rings is 2. The predicted molar refractivity (Wildman–Crippen MR) is 120 cm³/mol. The first-order valence-corrected chi connectivity index (χ1v) is 10.8. The van der Waals surface area contributed by atoms with Gasteiger partial charge in [-0.3, -0.25) is 9.69 Å². The minimum absolute atomic E-state index is 0.0686. The van der Waals surface area contributed by atoms with Gasteiger partial charge in [-0.2, -0.15) is 5.10 Å². The van der Waals surface area contributed by atoms with Gasteiger partial charge in [0, 0.05) is 24.7 Å². The first-order chi connectivity index (χ1) is 14.6. The molecule has 4 rings (SSSR count). The average Bonchev–Trinajstić information content (AvgIpc) is 3.14. The Morgan fingerprint density at radius 1 is 1.20 bits per heavy atom. The lowest BCUT2D eigenvalue weighted by molar-refractivity contribution is 0.0930. The van der Waals surface area contributed by atoms with Crippen molar-refractivity contribution in [2.75, 3.05) is 19.6 Å². The number of aromatic nitrogens is 2. The number of amides is 1. The highest BCUT2D eigenvalue weighted by molar-refractivity contribution is 6.30.